The molecule has 1 aromatic heterocycles. The van der Waals surface area contributed by atoms with Crippen LogP contribution in [0.3, 0.4) is 0 Å². The molecule has 23 heavy (non-hydrogen) atoms. The van der Waals surface area contributed by atoms with Crippen LogP contribution in [0.25, 0.3) is 0 Å². The SMILES string of the molecule is O=C(Nc1nc2c(s1)CCCCC2)c1cc(Cl)c2c(c1)OCO2. The summed E-state index contributed by atoms with van der Waals surface area (Å²) in [5, 5.41) is 3.89. The summed E-state index contributed by atoms with van der Waals surface area (Å²) in [7, 11) is 0. The van der Waals surface area contributed by atoms with Gasteiger partial charge in [0.15, 0.2) is 16.6 Å². The van der Waals surface area contributed by atoms with E-state index in [0.717, 1.165) is 18.5 Å². The first-order valence-electron chi connectivity index (χ1n) is 7.60. The zero-order valence-corrected chi connectivity index (χ0v) is 13.9. The van der Waals surface area contributed by atoms with Crippen LogP contribution in [0.5, 0.6) is 11.5 Å². The van der Waals surface area contributed by atoms with E-state index in [9.17, 15) is 4.79 Å². The van der Waals surface area contributed by atoms with Crippen LogP contribution in [0.1, 0.15) is 40.2 Å². The molecule has 1 aromatic carbocycles. The van der Waals surface area contributed by atoms with E-state index >= 15 is 0 Å². The fraction of sp³-hybridized carbons (Fsp3) is 0.375. The van der Waals surface area contributed by atoms with Gasteiger partial charge in [-0.2, -0.15) is 0 Å². The van der Waals surface area contributed by atoms with Gasteiger partial charge < -0.3 is 9.47 Å². The lowest BCUT2D eigenvalue weighted by Crippen LogP contribution is -2.11. The Morgan fingerprint density at radius 2 is 2.09 bits per heavy atom. The summed E-state index contributed by atoms with van der Waals surface area (Å²) in [5.41, 5.74) is 1.57. The molecule has 0 saturated heterocycles. The molecule has 1 aliphatic carbocycles. The Kier molecular flexibility index (Phi) is 3.87. The van der Waals surface area contributed by atoms with Crippen molar-refractivity contribution in [1.82, 2.24) is 4.98 Å². The minimum absolute atomic E-state index is 0.124. The van der Waals surface area contributed by atoms with E-state index in [0.29, 0.717) is 27.2 Å². The second-order valence-corrected chi connectivity index (χ2v) is 7.09. The summed E-state index contributed by atoms with van der Waals surface area (Å²) in [5.74, 6) is 0.746. The number of carbonyl (C=O) groups is 1. The van der Waals surface area contributed by atoms with E-state index in [-0.39, 0.29) is 12.7 Å². The summed E-state index contributed by atoms with van der Waals surface area (Å²) in [6.07, 6.45) is 5.67. The standard InChI is InChI=1S/C16H15ClN2O3S/c17-10-6-9(7-12-14(10)22-8-21-12)15(20)19-16-18-11-4-2-1-3-5-13(11)23-16/h6-7H,1-5,8H2,(H,18,19,20). The normalized spacial score (nSPS) is 15.9. The van der Waals surface area contributed by atoms with Gasteiger partial charge in [-0.15, -0.1) is 11.3 Å². The van der Waals surface area contributed by atoms with Gasteiger partial charge in [-0.05, 0) is 37.8 Å². The van der Waals surface area contributed by atoms with Crippen LogP contribution >= 0.6 is 22.9 Å². The predicted molar refractivity (Wildman–Crippen MR) is 88.9 cm³/mol. The maximum atomic E-state index is 12.4. The monoisotopic (exact) mass is 350 g/mol. The molecule has 0 fully saturated rings. The molecule has 2 aromatic rings. The number of hydrogen-bond donors (Lipinski definition) is 1. The number of fused-ring (bicyclic) bond motifs is 2. The molecule has 7 heteroatoms. The van der Waals surface area contributed by atoms with Crippen molar-refractivity contribution in [2.24, 2.45) is 0 Å². The highest BCUT2D eigenvalue weighted by molar-refractivity contribution is 7.15. The minimum atomic E-state index is -0.242. The summed E-state index contributed by atoms with van der Waals surface area (Å²) in [4.78, 5) is 18.3. The van der Waals surface area contributed by atoms with Gasteiger partial charge in [-0.25, -0.2) is 4.98 Å². The topological polar surface area (TPSA) is 60.5 Å². The Morgan fingerprint density at radius 1 is 1.22 bits per heavy atom. The number of nitrogens with zero attached hydrogens (tertiary/aromatic N) is 1. The van der Waals surface area contributed by atoms with Crippen molar-refractivity contribution in [3.05, 3.63) is 33.3 Å². The number of benzene rings is 1. The van der Waals surface area contributed by atoms with E-state index in [1.54, 1.807) is 23.5 Å². The summed E-state index contributed by atoms with van der Waals surface area (Å²) in [6.45, 7) is 0.124. The number of aryl methyl sites for hydroxylation is 2. The van der Waals surface area contributed by atoms with E-state index in [1.807, 2.05) is 0 Å². The average Bonchev–Trinajstić information content (AvgIpc) is 3.09. The van der Waals surface area contributed by atoms with Crippen LogP contribution in [0.2, 0.25) is 5.02 Å². The van der Waals surface area contributed by atoms with Crippen LogP contribution in [-0.2, 0) is 12.8 Å². The molecule has 4 rings (SSSR count). The lowest BCUT2D eigenvalue weighted by molar-refractivity contribution is 0.102. The first kappa shape index (κ1) is 14.8. The molecule has 0 bridgehead atoms. The van der Waals surface area contributed by atoms with E-state index in [1.165, 1.54) is 24.1 Å². The van der Waals surface area contributed by atoms with Gasteiger partial charge in [-0.3, -0.25) is 10.1 Å². The predicted octanol–water partition coefficient (Wildman–Crippen LogP) is 4.05. The number of amides is 1. The molecule has 0 spiro atoms. The van der Waals surface area contributed by atoms with Crippen molar-refractivity contribution in [3.8, 4) is 11.5 Å². The van der Waals surface area contributed by atoms with Crippen molar-refractivity contribution in [3.63, 3.8) is 0 Å². The molecular weight excluding hydrogens is 336 g/mol. The first-order valence-corrected chi connectivity index (χ1v) is 8.79. The molecule has 1 amide bonds. The van der Waals surface area contributed by atoms with Gasteiger partial charge in [0.2, 0.25) is 6.79 Å². The lowest BCUT2D eigenvalue weighted by Gasteiger charge is -2.05. The quantitative estimate of drug-likeness (QED) is 0.830. The van der Waals surface area contributed by atoms with E-state index < -0.39 is 0 Å². The fourth-order valence-electron chi connectivity index (χ4n) is 2.85. The number of hydrogen-bond acceptors (Lipinski definition) is 5. The van der Waals surface area contributed by atoms with Gasteiger partial charge in [0, 0.05) is 10.4 Å². The number of nitrogens with one attached hydrogen (secondary N) is 1. The molecule has 0 atom stereocenters. The summed E-state index contributed by atoms with van der Waals surface area (Å²) < 4.78 is 10.6. The third-order valence-electron chi connectivity index (χ3n) is 4.01. The highest BCUT2D eigenvalue weighted by Crippen LogP contribution is 2.40. The smallest absolute Gasteiger partial charge is 0.257 e. The molecule has 2 aliphatic rings. The molecule has 120 valence electrons. The average molecular weight is 351 g/mol. The van der Waals surface area contributed by atoms with Gasteiger partial charge in [0.25, 0.3) is 5.91 Å². The molecule has 1 aliphatic heterocycles. The molecule has 0 saturated carbocycles. The molecule has 0 radical (unpaired) electrons. The molecule has 1 N–H and O–H groups in total. The van der Waals surface area contributed by atoms with Crippen LogP contribution < -0.4 is 14.8 Å². The Bertz CT molecular complexity index is 751. The zero-order valence-electron chi connectivity index (χ0n) is 12.4. The van der Waals surface area contributed by atoms with Crippen molar-refractivity contribution in [2.45, 2.75) is 32.1 Å². The number of aromatic nitrogens is 1. The maximum absolute atomic E-state index is 12.4. The Labute approximate surface area is 142 Å². The molecule has 0 unspecified atom stereocenters. The number of rotatable bonds is 2. The minimum Gasteiger partial charge on any atom is -0.454 e. The lowest BCUT2D eigenvalue weighted by atomic mass is 10.2. The number of ether oxygens (including phenoxy) is 2. The Hall–Kier alpha value is -1.79. The maximum Gasteiger partial charge on any atom is 0.257 e. The first-order chi connectivity index (χ1) is 11.2. The molecule has 2 heterocycles. The van der Waals surface area contributed by atoms with Crippen LogP contribution in [0, 0.1) is 0 Å². The highest BCUT2D eigenvalue weighted by Gasteiger charge is 2.22. The Balaban J connectivity index is 1.55. The van der Waals surface area contributed by atoms with E-state index in [2.05, 4.69) is 10.3 Å². The van der Waals surface area contributed by atoms with Gasteiger partial charge in [0.1, 0.15) is 0 Å². The second-order valence-electron chi connectivity index (χ2n) is 5.60. The number of halogens is 1. The number of thiazole rings is 1. The number of carbonyl (C=O) groups excluding carboxylic acids is 1. The second kappa shape index (κ2) is 6.02. The van der Waals surface area contributed by atoms with Crippen molar-refractivity contribution >= 4 is 34.0 Å². The van der Waals surface area contributed by atoms with Gasteiger partial charge in [-0.1, -0.05) is 18.0 Å². The highest BCUT2D eigenvalue weighted by atomic mass is 35.5. The number of anilines is 1. The van der Waals surface area contributed by atoms with Crippen LogP contribution in [0.4, 0.5) is 5.13 Å². The van der Waals surface area contributed by atoms with Crippen LogP contribution in [-0.4, -0.2) is 17.7 Å². The summed E-state index contributed by atoms with van der Waals surface area (Å²) >= 11 is 7.69. The van der Waals surface area contributed by atoms with Gasteiger partial charge in [0.05, 0.1) is 10.7 Å². The van der Waals surface area contributed by atoms with Crippen LogP contribution in [0.15, 0.2) is 12.1 Å². The zero-order chi connectivity index (χ0) is 15.8. The summed E-state index contributed by atoms with van der Waals surface area (Å²) in [6, 6.07) is 3.23. The largest absolute Gasteiger partial charge is 0.454 e. The molecule has 5 nitrogen and oxygen atoms in total. The third kappa shape index (κ3) is 2.88. The Morgan fingerprint density at radius 3 is 3.00 bits per heavy atom. The van der Waals surface area contributed by atoms with Crippen molar-refractivity contribution in [2.75, 3.05) is 12.1 Å². The third-order valence-corrected chi connectivity index (χ3v) is 5.36. The fourth-order valence-corrected chi connectivity index (χ4v) is 4.16. The molecular formula is C16H15ClN2O3S. The van der Waals surface area contributed by atoms with E-state index in [4.69, 9.17) is 21.1 Å². The van der Waals surface area contributed by atoms with Gasteiger partial charge >= 0.3 is 0 Å². The van der Waals surface area contributed by atoms with Crippen molar-refractivity contribution in [1.29, 1.82) is 0 Å². The van der Waals surface area contributed by atoms with Crippen molar-refractivity contribution < 1.29 is 14.3 Å².